The number of rotatable bonds is 7. The van der Waals surface area contributed by atoms with E-state index in [-0.39, 0.29) is 5.91 Å². The Morgan fingerprint density at radius 1 is 1.07 bits per heavy atom. The Morgan fingerprint density at radius 2 is 1.82 bits per heavy atom. The average molecular weight is 378 g/mol. The SMILES string of the molecule is CCNc1nc(C)cc(Nc2ccc(NC(=O)c3ccc(OC)nc3)cc2)n1. The van der Waals surface area contributed by atoms with Gasteiger partial charge in [-0.2, -0.15) is 4.98 Å². The number of hydrogen-bond donors (Lipinski definition) is 3. The highest BCUT2D eigenvalue weighted by molar-refractivity contribution is 6.04. The number of aromatic nitrogens is 3. The van der Waals surface area contributed by atoms with Crippen LogP contribution in [0.4, 0.5) is 23.1 Å². The number of carbonyl (C=O) groups excluding carboxylic acids is 1. The number of aryl methyl sites for hydroxylation is 1. The lowest BCUT2D eigenvalue weighted by atomic mass is 10.2. The molecule has 28 heavy (non-hydrogen) atoms. The summed E-state index contributed by atoms with van der Waals surface area (Å²) in [5, 5.41) is 9.18. The molecule has 3 rings (SSSR count). The summed E-state index contributed by atoms with van der Waals surface area (Å²) in [5.41, 5.74) is 2.85. The van der Waals surface area contributed by atoms with Gasteiger partial charge < -0.3 is 20.7 Å². The number of hydrogen-bond acceptors (Lipinski definition) is 7. The molecule has 8 nitrogen and oxygen atoms in total. The first kappa shape index (κ1) is 19.1. The molecule has 0 saturated carbocycles. The molecule has 0 aliphatic carbocycles. The van der Waals surface area contributed by atoms with Gasteiger partial charge in [0.2, 0.25) is 11.8 Å². The van der Waals surface area contributed by atoms with Crippen molar-refractivity contribution >= 4 is 29.0 Å². The van der Waals surface area contributed by atoms with Gasteiger partial charge in [-0.3, -0.25) is 4.79 Å². The molecule has 0 saturated heterocycles. The van der Waals surface area contributed by atoms with Crippen LogP contribution in [0.25, 0.3) is 0 Å². The molecule has 2 heterocycles. The molecule has 0 fully saturated rings. The normalized spacial score (nSPS) is 10.2. The van der Waals surface area contributed by atoms with Crippen molar-refractivity contribution in [2.45, 2.75) is 13.8 Å². The van der Waals surface area contributed by atoms with E-state index in [1.807, 2.05) is 44.2 Å². The van der Waals surface area contributed by atoms with Gasteiger partial charge in [-0.15, -0.1) is 0 Å². The fourth-order valence-electron chi connectivity index (χ4n) is 2.49. The Labute approximate surface area is 163 Å². The van der Waals surface area contributed by atoms with Gasteiger partial charge in [-0.25, -0.2) is 9.97 Å². The smallest absolute Gasteiger partial charge is 0.257 e. The minimum atomic E-state index is -0.238. The second-order valence-electron chi connectivity index (χ2n) is 5.99. The largest absolute Gasteiger partial charge is 0.481 e. The molecule has 1 amide bonds. The number of ether oxygens (including phenoxy) is 1. The first-order valence-corrected chi connectivity index (χ1v) is 8.85. The minimum absolute atomic E-state index is 0.238. The number of methoxy groups -OCH3 is 1. The van der Waals surface area contributed by atoms with Crippen LogP contribution in [-0.4, -0.2) is 34.5 Å². The number of carbonyl (C=O) groups is 1. The zero-order valence-electron chi connectivity index (χ0n) is 16.0. The van der Waals surface area contributed by atoms with E-state index in [2.05, 4.69) is 30.9 Å². The third-order valence-corrected chi connectivity index (χ3v) is 3.81. The molecule has 0 unspecified atom stereocenters. The maximum atomic E-state index is 12.3. The Kier molecular flexibility index (Phi) is 6.01. The second-order valence-corrected chi connectivity index (χ2v) is 5.99. The van der Waals surface area contributed by atoms with Crippen molar-refractivity contribution in [1.82, 2.24) is 15.0 Å². The number of pyridine rings is 1. The lowest BCUT2D eigenvalue weighted by Crippen LogP contribution is -2.12. The van der Waals surface area contributed by atoms with Gasteiger partial charge in [0.05, 0.1) is 12.7 Å². The van der Waals surface area contributed by atoms with Gasteiger partial charge in [0.1, 0.15) is 5.82 Å². The Morgan fingerprint density at radius 3 is 2.46 bits per heavy atom. The fourth-order valence-corrected chi connectivity index (χ4v) is 2.49. The summed E-state index contributed by atoms with van der Waals surface area (Å²) < 4.78 is 4.99. The zero-order valence-corrected chi connectivity index (χ0v) is 16.0. The molecule has 1 aromatic carbocycles. The Hall–Kier alpha value is -3.68. The summed E-state index contributed by atoms with van der Waals surface area (Å²) in [4.78, 5) is 25.1. The van der Waals surface area contributed by atoms with Gasteiger partial charge in [0.15, 0.2) is 0 Å². The van der Waals surface area contributed by atoms with Crippen LogP contribution >= 0.6 is 0 Å². The standard InChI is InChI=1S/C20H22N6O2/c1-4-21-20-23-13(2)11-17(26-20)24-15-6-8-16(9-7-15)25-19(27)14-5-10-18(28-3)22-12-14/h5-12H,4H2,1-3H3,(H,25,27)(H2,21,23,24,26). The van der Waals surface area contributed by atoms with Gasteiger partial charge in [-0.05, 0) is 44.2 Å². The van der Waals surface area contributed by atoms with Crippen molar-refractivity contribution < 1.29 is 9.53 Å². The molecular weight excluding hydrogens is 356 g/mol. The van der Waals surface area contributed by atoms with E-state index in [0.717, 1.165) is 17.9 Å². The maximum Gasteiger partial charge on any atom is 0.257 e. The van der Waals surface area contributed by atoms with E-state index in [1.54, 1.807) is 12.1 Å². The first-order chi connectivity index (χ1) is 13.6. The quantitative estimate of drug-likeness (QED) is 0.577. The van der Waals surface area contributed by atoms with E-state index in [1.165, 1.54) is 13.3 Å². The summed E-state index contributed by atoms with van der Waals surface area (Å²) in [6.07, 6.45) is 1.48. The van der Waals surface area contributed by atoms with E-state index in [4.69, 9.17) is 4.74 Å². The third kappa shape index (κ3) is 4.94. The molecule has 0 atom stereocenters. The zero-order chi connectivity index (χ0) is 19.9. The molecule has 3 N–H and O–H groups in total. The number of nitrogens with one attached hydrogen (secondary N) is 3. The third-order valence-electron chi connectivity index (χ3n) is 3.81. The molecule has 0 spiro atoms. The lowest BCUT2D eigenvalue weighted by Gasteiger charge is -2.10. The van der Waals surface area contributed by atoms with Gasteiger partial charge >= 0.3 is 0 Å². The number of anilines is 4. The summed E-state index contributed by atoms with van der Waals surface area (Å²) >= 11 is 0. The molecule has 2 aromatic heterocycles. The summed E-state index contributed by atoms with van der Waals surface area (Å²) in [7, 11) is 1.53. The summed E-state index contributed by atoms with van der Waals surface area (Å²) in [6.45, 7) is 4.66. The number of nitrogens with zero attached hydrogens (tertiary/aromatic N) is 3. The highest BCUT2D eigenvalue weighted by atomic mass is 16.5. The molecular formula is C20H22N6O2. The average Bonchev–Trinajstić information content (AvgIpc) is 2.69. The fraction of sp³-hybridized carbons (Fsp3) is 0.200. The van der Waals surface area contributed by atoms with E-state index >= 15 is 0 Å². The van der Waals surface area contributed by atoms with E-state index < -0.39 is 0 Å². The van der Waals surface area contributed by atoms with Crippen LogP contribution < -0.4 is 20.7 Å². The van der Waals surface area contributed by atoms with Crippen LogP contribution in [-0.2, 0) is 0 Å². The van der Waals surface area contributed by atoms with Crippen molar-refractivity contribution in [2.24, 2.45) is 0 Å². The van der Waals surface area contributed by atoms with Crippen molar-refractivity contribution in [2.75, 3.05) is 29.6 Å². The van der Waals surface area contributed by atoms with E-state index in [0.29, 0.717) is 28.9 Å². The molecule has 8 heteroatoms. The van der Waals surface area contributed by atoms with Gasteiger partial charge in [0.25, 0.3) is 5.91 Å². The van der Waals surface area contributed by atoms with Crippen LogP contribution in [0.3, 0.4) is 0 Å². The molecule has 0 aliphatic rings. The van der Waals surface area contributed by atoms with Crippen LogP contribution in [0.5, 0.6) is 5.88 Å². The highest BCUT2D eigenvalue weighted by Crippen LogP contribution is 2.20. The van der Waals surface area contributed by atoms with Crippen LogP contribution in [0.1, 0.15) is 23.0 Å². The van der Waals surface area contributed by atoms with Crippen LogP contribution in [0, 0.1) is 6.92 Å². The highest BCUT2D eigenvalue weighted by Gasteiger charge is 2.07. The Balaban J connectivity index is 1.65. The topological polar surface area (TPSA) is 101 Å². The van der Waals surface area contributed by atoms with Crippen LogP contribution in [0.15, 0.2) is 48.7 Å². The lowest BCUT2D eigenvalue weighted by molar-refractivity contribution is 0.102. The van der Waals surface area contributed by atoms with Crippen molar-refractivity contribution in [3.8, 4) is 5.88 Å². The first-order valence-electron chi connectivity index (χ1n) is 8.85. The second kappa shape index (κ2) is 8.81. The van der Waals surface area contributed by atoms with E-state index in [9.17, 15) is 4.79 Å². The van der Waals surface area contributed by atoms with Crippen LogP contribution in [0.2, 0.25) is 0 Å². The molecule has 144 valence electrons. The van der Waals surface area contributed by atoms with Crippen molar-refractivity contribution in [3.05, 3.63) is 59.9 Å². The molecule has 3 aromatic rings. The predicted octanol–water partition coefficient (Wildman–Crippen LogP) is 3.62. The van der Waals surface area contributed by atoms with Gasteiger partial charge in [0, 0.05) is 41.9 Å². The van der Waals surface area contributed by atoms with Crippen molar-refractivity contribution in [1.29, 1.82) is 0 Å². The van der Waals surface area contributed by atoms with Gasteiger partial charge in [-0.1, -0.05) is 0 Å². The predicted molar refractivity (Wildman–Crippen MR) is 109 cm³/mol. The molecule has 0 radical (unpaired) electrons. The molecule has 0 bridgehead atoms. The minimum Gasteiger partial charge on any atom is -0.481 e. The van der Waals surface area contributed by atoms with Crippen molar-refractivity contribution in [3.63, 3.8) is 0 Å². The summed E-state index contributed by atoms with van der Waals surface area (Å²) in [6, 6.07) is 12.5. The molecule has 0 aliphatic heterocycles. The maximum absolute atomic E-state index is 12.3. The number of amides is 1. The monoisotopic (exact) mass is 378 g/mol. The summed E-state index contributed by atoms with van der Waals surface area (Å²) in [5.74, 6) is 1.51. The number of benzene rings is 1. The Bertz CT molecular complexity index is 942.